The third-order valence-corrected chi connectivity index (χ3v) is 3.90. The number of hydrogen-bond acceptors (Lipinski definition) is 2. The zero-order chi connectivity index (χ0) is 13.8. The third-order valence-electron chi connectivity index (χ3n) is 2.74. The van der Waals surface area contributed by atoms with Crippen molar-refractivity contribution in [1.29, 1.82) is 0 Å². The van der Waals surface area contributed by atoms with Gasteiger partial charge in [0.15, 0.2) is 0 Å². The van der Waals surface area contributed by atoms with E-state index >= 15 is 0 Å². The standard InChI is InChI=1S/C14H13BrCl2N2/c15-13-7-10(17)4-5-12(13)14(8-18)19-11-3-1-2-9(16)6-11/h1-7,14,19H,8,18H2. The Bertz CT molecular complexity index is 575. The molecule has 0 aliphatic rings. The van der Waals surface area contributed by atoms with E-state index in [1.807, 2.05) is 42.5 Å². The molecule has 19 heavy (non-hydrogen) atoms. The Morgan fingerprint density at radius 2 is 1.84 bits per heavy atom. The first-order chi connectivity index (χ1) is 9.10. The molecule has 0 heterocycles. The maximum Gasteiger partial charge on any atom is 0.0647 e. The van der Waals surface area contributed by atoms with Gasteiger partial charge in [0.25, 0.3) is 0 Å². The molecule has 1 unspecified atom stereocenters. The molecular formula is C14H13BrCl2N2. The summed E-state index contributed by atoms with van der Waals surface area (Å²) in [4.78, 5) is 0. The minimum atomic E-state index is -0.00916. The molecule has 0 saturated heterocycles. The lowest BCUT2D eigenvalue weighted by Crippen LogP contribution is -2.21. The second-order valence-electron chi connectivity index (χ2n) is 4.11. The van der Waals surface area contributed by atoms with Crippen molar-refractivity contribution in [3.05, 3.63) is 62.5 Å². The number of halogens is 3. The maximum atomic E-state index is 5.97. The van der Waals surface area contributed by atoms with Gasteiger partial charge in [0.1, 0.15) is 0 Å². The number of hydrogen-bond donors (Lipinski definition) is 2. The summed E-state index contributed by atoms with van der Waals surface area (Å²) < 4.78 is 0.935. The minimum absolute atomic E-state index is 0.00916. The van der Waals surface area contributed by atoms with Crippen molar-refractivity contribution in [1.82, 2.24) is 0 Å². The highest BCUT2D eigenvalue weighted by atomic mass is 79.9. The Balaban J connectivity index is 2.25. The fraction of sp³-hybridized carbons (Fsp3) is 0.143. The molecule has 0 amide bonds. The first-order valence-electron chi connectivity index (χ1n) is 5.77. The second-order valence-corrected chi connectivity index (χ2v) is 5.84. The van der Waals surface area contributed by atoms with Gasteiger partial charge in [-0.2, -0.15) is 0 Å². The number of anilines is 1. The minimum Gasteiger partial charge on any atom is -0.377 e. The van der Waals surface area contributed by atoms with Crippen LogP contribution in [0.5, 0.6) is 0 Å². The molecule has 2 aromatic rings. The van der Waals surface area contributed by atoms with Gasteiger partial charge in [-0.3, -0.25) is 0 Å². The van der Waals surface area contributed by atoms with E-state index in [2.05, 4.69) is 21.2 Å². The van der Waals surface area contributed by atoms with Crippen LogP contribution in [-0.4, -0.2) is 6.54 Å². The molecule has 0 saturated carbocycles. The van der Waals surface area contributed by atoms with Gasteiger partial charge in [-0.1, -0.05) is 51.3 Å². The van der Waals surface area contributed by atoms with Gasteiger partial charge in [0, 0.05) is 26.8 Å². The molecule has 2 nitrogen and oxygen atoms in total. The highest BCUT2D eigenvalue weighted by Crippen LogP contribution is 2.29. The molecule has 3 N–H and O–H groups in total. The van der Waals surface area contributed by atoms with Crippen LogP contribution in [0.1, 0.15) is 11.6 Å². The highest BCUT2D eigenvalue weighted by molar-refractivity contribution is 9.10. The topological polar surface area (TPSA) is 38.0 Å². The van der Waals surface area contributed by atoms with Crippen LogP contribution in [0.2, 0.25) is 10.0 Å². The Morgan fingerprint density at radius 3 is 2.47 bits per heavy atom. The normalized spacial score (nSPS) is 12.2. The molecular weight excluding hydrogens is 347 g/mol. The molecule has 0 spiro atoms. The number of nitrogens with two attached hydrogens (primary N) is 1. The zero-order valence-electron chi connectivity index (χ0n) is 10.0. The summed E-state index contributed by atoms with van der Waals surface area (Å²) in [7, 11) is 0. The van der Waals surface area contributed by atoms with Crippen molar-refractivity contribution in [3.63, 3.8) is 0 Å². The molecule has 2 aromatic carbocycles. The Labute approximate surface area is 131 Å². The summed E-state index contributed by atoms with van der Waals surface area (Å²) in [6.45, 7) is 0.465. The van der Waals surface area contributed by atoms with Crippen molar-refractivity contribution in [2.24, 2.45) is 5.73 Å². The number of rotatable bonds is 4. The first-order valence-corrected chi connectivity index (χ1v) is 7.32. The van der Waals surface area contributed by atoms with Crippen LogP contribution in [0.3, 0.4) is 0 Å². The molecule has 0 fully saturated rings. The van der Waals surface area contributed by atoms with Crippen LogP contribution in [0.15, 0.2) is 46.9 Å². The predicted octanol–water partition coefficient (Wildman–Crippen LogP) is 4.87. The molecule has 0 aromatic heterocycles. The van der Waals surface area contributed by atoms with Crippen LogP contribution in [0, 0.1) is 0 Å². The van der Waals surface area contributed by atoms with E-state index in [0.717, 1.165) is 15.7 Å². The van der Waals surface area contributed by atoms with Crippen molar-refractivity contribution in [2.75, 3.05) is 11.9 Å². The van der Waals surface area contributed by atoms with E-state index in [9.17, 15) is 0 Å². The van der Waals surface area contributed by atoms with Crippen LogP contribution < -0.4 is 11.1 Å². The smallest absolute Gasteiger partial charge is 0.0647 e. The van der Waals surface area contributed by atoms with Crippen LogP contribution in [0.4, 0.5) is 5.69 Å². The van der Waals surface area contributed by atoms with E-state index in [4.69, 9.17) is 28.9 Å². The maximum absolute atomic E-state index is 5.97. The van der Waals surface area contributed by atoms with Gasteiger partial charge in [-0.15, -0.1) is 0 Å². The number of benzene rings is 2. The Morgan fingerprint density at radius 1 is 1.11 bits per heavy atom. The summed E-state index contributed by atoms with van der Waals surface area (Å²) in [6.07, 6.45) is 0. The van der Waals surface area contributed by atoms with Gasteiger partial charge in [0.2, 0.25) is 0 Å². The third kappa shape index (κ3) is 3.86. The van der Waals surface area contributed by atoms with Crippen LogP contribution >= 0.6 is 39.1 Å². The molecule has 2 rings (SSSR count). The highest BCUT2D eigenvalue weighted by Gasteiger charge is 2.13. The lowest BCUT2D eigenvalue weighted by Gasteiger charge is -2.20. The summed E-state index contributed by atoms with van der Waals surface area (Å²) in [6, 6.07) is 13.2. The second kappa shape index (κ2) is 6.62. The first kappa shape index (κ1) is 14.7. The van der Waals surface area contributed by atoms with Crippen molar-refractivity contribution < 1.29 is 0 Å². The molecule has 100 valence electrons. The van der Waals surface area contributed by atoms with E-state index < -0.39 is 0 Å². The molecule has 1 atom stereocenters. The average Bonchev–Trinajstić information content (AvgIpc) is 2.37. The molecule has 0 aliphatic carbocycles. The average molecular weight is 360 g/mol. The van der Waals surface area contributed by atoms with E-state index in [-0.39, 0.29) is 6.04 Å². The van der Waals surface area contributed by atoms with Crippen molar-refractivity contribution >= 4 is 44.8 Å². The molecule has 0 radical (unpaired) electrons. The quantitative estimate of drug-likeness (QED) is 0.817. The summed E-state index contributed by atoms with van der Waals surface area (Å²) in [5, 5.41) is 4.74. The van der Waals surface area contributed by atoms with Crippen LogP contribution in [-0.2, 0) is 0 Å². The zero-order valence-corrected chi connectivity index (χ0v) is 13.1. The Hall–Kier alpha value is -0.740. The fourth-order valence-electron chi connectivity index (χ4n) is 1.83. The molecule has 0 bridgehead atoms. The van der Waals surface area contributed by atoms with Crippen LogP contribution in [0.25, 0.3) is 0 Å². The van der Waals surface area contributed by atoms with E-state index in [0.29, 0.717) is 16.6 Å². The predicted molar refractivity (Wildman–Crippen MR) is 86.0 cm³/mol. The van der Waals surface area contributed by atoms with Gasteiger partial charge in [-0.05, 0) is 35.9 Å². The Kier molecular flexibility index (Phi) is 5.11. The monoisotopic (exact) mass is 358 g/mol. The van der Waals surface area contributed by atoms with Gasteiger partial charge in [0.05, 0.1) is 6.04 Å². The van der Waals surface area contributed by atoms with Crippen molar-refractivity contribution in [3.8, 4) is 0 Å². The lowest BCUT2D eigenvalue weighted by atomic mass is 10.1. The van der Waals surface area contributed by atoms with E-state index in [1.54, 1.807) is 0 Å². The van der Waals surface area contributed by atoms with Gasteiger partial charge < -0.3 is 11.1 Å². The van der Waals surface area contributed by atoms with Gasteiger partial charge >= 0.3 is 0 Å². The largest absolute Gasteiger partial charge is 0.377 e. The lowest BCUT2D eigenvalue weighted by molar-refractivity contribution is 0.786. The molecule has 5 heteroatoms. The van der Waals surface area contributed by atoms with Gasteiger partial charge in [-0.25, -0.2) is 0 Å². The summed E-state index contributed by atoms with van der Waals surface area (Å²) >= 11 is 15.4. The SMILES string of the molecule is NCC(Nc1cccc(Cl)c1)c1ccc(Cl)cc1Br. The molecule has 0 aliphatic heterocycles. The van der Waals surface area contributed by atoms with Crippen molar-refractivity contribution in [2.45, 2.75) is 6.04 Å². The number of nitrogens with one attached hydrogen (secondary N) is 1. The van der Waals surface area contributed by atoms with E-state index in [1.165, 1.54) is 0 Å². The fourth-order valence-corrected chi connectivity index (χ4v) is 2.98. The summed E-state index contributed by atoms with van der Waals surface area (Å²) in [5.41, 5.74) is 7.85. The summed E-state index contributed by atoms with van der Waals surface area (Å²) in [5.74, 6) is 0.